The lowest BCUT2D eigenvalue weighted by Crippen LogP contribution is -2.38. The molecule has 0 aromatic heterocycles. The van der Waals surface area contributed by atoms with Gasteiger partial charge in [0.2, 0.25) is 5.92 Å². The fourth-order valence-electron chi connectivity index (χ4n) is 3.41. The predicted octanol–water partition coefficient (Wildman–Crippen LogP) is 0.769. The first-order chi connectivity index (χ1) is 12.9. The van der Waals surface area contributed by atoms with Crippen LogP contribution in [0.1, 0.15) is 23.2 Å². The molecule has 1 unspecified atom stereocenters. The molecule has 2 fully saturated rings. The molecule has 142 valence electrons. The number of nitrogens with one attached hydrogen (secondary N) is 2. The topological polar surface area (TPSA) is 158 Å². The van der Waals surface area contributed by atoms with E-state index < -0.39 is 17.7 Å². The molecule has 0 saturated carbocycles. The Hall–Kier alpha value is -2.84. The Morgan fingerprint density at radius 2 is 2.04 bits per heavy atom. The standard InChI is InChI=1S/C17H19N5O4S/c18-9-3-1-8(2-4-9)15(23)13(16(24)25)10(22-19)5-6-12-14-11(7-27-12)20-17(26)21-14/h1-4,11-14H,5-7,18H2,(H,24,25)(H2,20,21,26)/t11-,12-,13?,14-/m0/s1. The number of anilines is 1. The summed E-state index contributed by atoms with van der Waals surface area (Å²) in [6.45, 7) is 0. The van der Waals surface area contributed by atoms with E-state index in [1.54, 1.807) is 11.8 Å². The second-order valence-electron chi connectivity index (χ2n) is 6.51. The smallest absolute Gasteiger partial charge is 0.326 e. The molecule has 9 nitrogen and oxygen atoms in total. The van der Waals surface area contributed by atoms with E-state index >= 15 is 0 Å². The van der Waals surface area contributed by atoms with Gasteiger partial charge in [0.1, 0.15) is 0 Å². The second kappa shape index (κ2) is 7.81. The quantitative estimate of drug-likeness (QED) is 0.103. The molecule has 0 bridgehead atoms. The number of hydrogen-bond donors (Lipinski definition) is 4. The molecule has 2 saturated heterocycles. The van der Waals surface area contributed by atoms with Gasteiger partial charge in [-0.15, -0.1) is 0 Å². The third-order valence-electron chi connectivity index (χ3n) is 4.79. The molecule has 0 spiro atoms. The minimum absolute atomic E-state index is 0.0358. The zero-order valence-electron chi connectivity index (χ0n) is 14.3. The van der Waals surface area contributed by atoms with E-state index in [0.717, 1.165) is 5.75 Å². The van der Waals surface area contributed by atoms with Crippen molar-refractivity contribution in [3.8, 4) is 0 Å². The van der Waals surface area contributed by atoms with Crippen LogP contribution < -0.4 is 16.4 Å². The number of urea groups is 1. The average Bonchev–Trinajstić information content (AvgIpc) is 3.17. The maximum absolute atomic E-state index is 12.6. The number of carboxylic acid groups (broad SMARTS) is 1. The number of rotatable bonds is 7. The SMILES string of the molecule is [N-]=[N+]=C(CC[C@@H]1SC[C@@H]2NC(=O)N[C@@H]21)C(C(=O)O)C(=O)c1ccc(N)cc1. The van der Waals surface area contributed by atoms with E-state index in [-0.39, 0.29) is 41.1 Å². The molecule has 27 heavy (non-hydrogen) atoms. The Morgan fingerprint density at radius 1 is 1.33 bits per heavy atom. The normalized spacial score (nSPS) is 24.3. The maximum atomic E-state index is 12.6. The molecule has 2 aliphatic heterocycles. The zero-order valence-corrected chi connectivity index (χ0v) is 15.1. The highest BCUT2D eigenvalue weighted by molar-refractivity contribution is 8.00. The van der Waals surface area contributed by atoms with Crippen molar-refractivity contribution in [2.24, 2.45) is 5.92 Å². The van der Waals surface area contributed by atoms with Crippen LogP contribution in [0.4, 0.5) is 10.5 Å². The molecule has 5 N–H and O–H groups in total. The number of carbonyl (C=O) groups excluding carboxylic acids is 2. The molecule has 0 radical (unpaired) electrons. The lowest BCUT2D eigenvalue weighted by molar-refractivity contribution is -0.139. The third-order valence-corrected chi connectivity index (χ3v) is 6.30. The molecule has 2 amide bonds. The van der Waals surface area contributed by atoms with Gasteiger partial charge in [0, 0.05) is 28.7 Å². The van der Waals surface area contributed by atoms with Crippen LogP contribution in [0, 0.1) is 5.92 Å². The number of nitrogens with zero attached hydrogens (tertiary/aromatic N) is 2. The van der Waals surface area contributed by atoms with E-state index in [1.165, 1.54) is 24.3 Å². The summed E-state index contributed by atoms with van der Waals surface area (Å²) in [6.07, 6.45) is 0.608. The number of carbonyl (C=O) groups is 3. The van der Waals surface area contributed by atoms with Gasteiger partial charge >= 0.3 is 12.0 Å². The molecule has 0 aliphatic carbocycles. The molecular formula is C17H19N5O4S. The molecular weight excluding hydrogens is 370 g/mol. The van der Waals surface area contributed by atoms with E-state index in [4.69, 9.17) is 5.73 Å². The number of amides is 2. The van der Waals surface area contributed by atoms with Gasteiger partial charge < -0.3 is 27.0 Å². The Labute approximate surface area is 159 Å². The number of Topliss-reactive ketones (excluding diaryl/α,β-unsaturated/α-hetero) is 1. The van der Waals surface area contributed by atoms with Gasteiger partial charge in [-0.3, -0.25) is 9.59 Å². The summed E-state index contributed by atoms with van der Waals surface area (Å²) in [5.74, 6) is -2.86. The highest BCUT2D eigenvalue weighted by Gasteiger charge is 2.44. The summed E-state index contributed by atoms with van der Waals surface area (Å²) in [4.78, 5) is 38.9. The van der Waals surface area contributed by atoms with E-state index in [1.807, 2.05) is 0 Å². The summed E-state index contributed by atoms with van der Waals surface area (Å²) in [7, 11) is 0. The van der Waals surface area contributed by atoms with Crippen molar-refractivity contribution in [1.82, 2.24) is 10.6 Å². The molecule has 4 atom stereocenters. The van der Waals surface area contributed by atoms with Crippen LogP contribution in [-0.4, -0.2) is 56.5 Å². The van der Waals surface area contributed by atoms with Crippen LogP contribution in [0.2, 0.25) is 0 Å². The molecule has 2 heterocycles. The fourth-order valence-corrected chi connectivity index (χ4v) is 4.90. The minimum Gasteiger partial charge on any atom is -0.480 e. The number of hydrogen-bond acceptors (Lipinski definition) is 5. The third kappa shape index (κ3) is 3.96. The van der Waals surface area contributed by atoms with Crippen molar-refractivity contribution < 1.29 is 24.3 Å². The van der Waals surface area contributed by atoms with Gasteiger partial charge in [-0.05, 0) is 30.7 Å². The first kappa shape index (κ1) is 18.9. The lowest BCUT2D eigenvalue weighted by Gasteiger charge is -2.16. The van der Waals surface area contributed by atoms with Crippen LogP contribution in [-0.2, 0) is 4.79 Å². The summed E-state index contributed by atoms with van der Waals surface area (Å²) >= 11 is 1.66. The Balaban J connectivity index is 1.71. The van der Waals surface area contributed by atoms with Crippen LogP contribution in [0.5, 0.6) is 0 Å². The van der Waals surface area contributed by atoms with E-state index in [2.05, 4.69) is 15.4 Å². The number of thioether (sulfide) groups is 1. The first-order valence-corrected chi connectivity index (χ1v) is 9.47. The van der Waals surface area contributed by atoms with Crippen molar-refractivity contribution in [1.29, 1.82) is 0 Å². The van der Waals surface area contributed by atoms with Crippen molar-refractivity contribution in [2.75, 3.05) is 11.5 Å². The van der Waals surface area contributed by atoms with Gasteiger partial charge in [-0.25, -0.2) is 4.79 Å². The number of aliphatic carboxylic acids is 1. The summed E-state index contributed by atoms with van der Waals surface area (Å²) in [5.41, 5.74) is 15.5. The Kier molecular flexibility index (Phi) is 5.48. The van der Waals surface area contributed by atoms with Gasteiger partial charge in [0.25, 0.3) is 5.71 Å². The molecule has 1 aromatic rings. The minimum atomic E-state index is -1.57. The van der Waals surface area contributed by atoms with E-state index in [9.17, 15) is 25.0 Å². The Morgan fingerprint density at radius 3 is 2.67 bits per heavy atom. The predicted molar refractivity (Wildman–Crippen MR) is 99.7 cm³/mol. The second-order valence-corrected chi connectivity index (χ2v) is 7.78. The van der Waals surface area contributed by atoms with Crippen molar-refractivity contribution in [3.63, 3.8) is 0 Å². The molecule has 1 aromatic carbocycles. The number of carboxylic acids is 1. The maximum Gasteiger partial charge on any atom is 0.326 e. The van der Waals surface area contributed by atoms with Gasteiger partial charge in [0.05, 0.1) is 12.1 Å². The highest BCUT2D eigenvalue weighted by atomic mass is 32.2. The summed E-state index contributed by atoms with van der Waals surface area (Å²) in [5, 5.41) is 15.2. The van der Waals surface area contributed by atoms with Crippen molar-refractivity contribution in [2.45, 2.75) is 30.2 Å². The average molecular weight is 389 g/mol. The van der Waals surface area contributed by atoms with Crippen LogP contribution >= 0.6 is 11.8 Å². The number of fused-ring (bicyclic) bond motifs is 1. The number of nitrogen functional groups attached to an aromatic ring is 1. The lowest BCUT2D eigenvalue weighted by atomic mass is 9.89. The zero-order chi connectivity index (χ0) is 19.6. The number of benzene rings is 1. The van der Waals surface area contributed by atoms with Crippen LogP contribution in [0.3, 0.4) is 0 Å². The molecule has 2 aliphatic rings. The van der Waals surface area contributed by atoms with Gasteiger partial charge in [0.15, 0.2) is 5.78 Å². The fraction of sp³-hybridized carbons (Fsp3) is 0.412. The van der Waals surface area contributed by atoms with E-state index in [0.29, 0.717) is 12.1 Å². The van der Waals surface area contributed by atoms with Gasteiger partial charge in [-0.1, -0.05) is 0 Å². The van der Waals surface area contributed by atoms with Crippen molar-refractivity contribution >= 4 is 40.9 Å². The van der Waals surface area contributed by atoms with Crippen LogP contribution in [0.25, 0.3) is 5.53 Å². The van der Waals surface area contributed by atoms with Crippen LogP contribution in [0.15, 0.2) is 24.3 Å². The Bertz CT molecular complexity index is 821. The monoisotopic (exact) mass is 389 g/mol. The number of nitrogens with two attached hydrogens (primary N) is 1. The van der Waals surface area contributed by atoms with Gasteiger partial charge in [-0.2, -0.15) is 16.6 Å². The summed E-state index contributed by atoms with van der Waals surface area (Å²) in [6, 6.07) is 5.67. The van der Waals surface area contributed by atoms with Crippen molar-refractivity contribution in [3.05, 3.63) is 35.4 Å². The summed E-state index contributed by atoms with van der Waals surface area (Å²) < 4.78 is 0. The number of ketones is 1. The molecule has 3 rings (SSSR count). The largest absolute Gasteiger partial charge is 0.480 e. The molecule has 10 heteroatoms. The first-order valence-electron chi connectivity index (χ1n) is 8.42. The highest BCUT2D eigenvalue weighted by Crippen LogP contribution is 2.33.